The monoisotopic (exact) mass is 480 g/mol. The number of carbonyl (C=O) groups excluding carboxylic acids is 3. The second kappa shape index (κ2) is 11.2. The van der Waals surface area contributed by atoms with Crippen LogP contribution in [-0.2, 0) is 11.8 Å². The van der Waals surface area contributed by atoms with Crippen molar-refractivity contribution in [2.24, 2.45) is 12.0 Å². The second-order valence-electron chi connectivity index (χ2n) is 8.95. The van der Waals surface area contributed by atoms with Crippen molar-refractivity contribution in [3.63, 3.8) is 0 Å². The Kier molecular flexibility index (Phi) is 7.84. The summed E-state index contributed by atoms with van der Waals surface area (Å²) in [5.41, 5.74) is 2.28. The number of nitrogens with zero attached hydrogens (tertiary/aromatic N) is 3. The normalized spacial score (nSPS) is 16.8. The van der Waals surface area contributed by atoms with E-state index in [2.05, 4.69) is 10.3 Å². The van der Waals surface area contributed by atoms with E-state index in [0.717, 1.165) is 51.4 Å². The molecule has 0 unspecified atom stereocenters. The molecule has 35 heavy (non-hydrogen) atoms. The zero-order chi connectivity index (χ0) is 24.8. The number of amides is 2. The molecule has 2 aliphatic heterocycles. The maximum atomic E-state index is 13.1. The number of rotatable bonds is 10. The van der Waals surface area contributed by atoms with Gasteiger partial charge in [-0.05, 0) is 50.7 Å². The van der Waals surface area contributed by atoms with Crippen molar-refractivity contribution in [1.29, 1.82) is 0 Å². The van der Waals surface area contributed by atoms with Crippen LogP contribution in [-0.4, -0.2) is 60.1 Å². The number of fused-ring (bicyclic) bond motifs is 2. The minimum atomic E-state index is -0.0831. The summed E-state index contributed by atoms with van der Waals surface area (Å²) >= 11 is 0. The van der Waals surface area contributed by atoms with Crippen LogP contribution >= 0.6 is 0 Å². The first-order valence-corrected chi connectivity index (χ1v) is 12.1. The van der Waals surface area contributed by atoms with Crippen molar-refractivity contribution in [2.45, 2.75) is 51.0 Å². The molecular formula is C26H32N4O5. The molecule has 186 valence electrons. The minimum absolute atomic E-state index is 0.0109. The lowest BCUT2D eigenvalue weighted by Gasteiger charge is -2.32. The van der Waals surface area contributed by atoms with Crippen molar-refractivity contribution in [1.82, 2.24) is 9.47 Å². The highest BCUT2D eigenvalue weighted by molar-refractivity contribution is 6.03. The lowest BCUT2D eigenvalue weighted by Crippen LogP contribution is -2.43. The highest BCUT2D eigenvalue weighted by atomic mass is 16.5. The smallest absolute Gasteiger partial charge is 0.256 e. The topological polar surface area (TPSA) is 102 Å². The maximum absolute atomic E-state index is 13.1. The number of aryl methyl sites for hydroxylation is 1. The van der Waals surface area contributed by atoms with E-state index >= 15 is 0 Å². The summed E-state index contributed by atoms with van der Waals surface area (Å²) in [6, 6.07) is 5.20. The number of benzene rings is 1. The second-order valence-corrected chi connectivity index (χ2v) is 8.95. The number of hydrogen-bond donors (Lipinski definition) is 1. The van der Waals surface area contributed by atoms with Crippen LogP contribution < -0.4 is 14.8 Å². The molecule has 9 nitrogen and oxygen atoms in total. The molecule has 4 rings (SSSR count). The van der Waals surface area contributed by atoms with Crippen LogP contribution in [0.15, 0.2) is 29.4 Å². The Hall–Kier alpha value is -3.62. The van der Waals surface area contributed by atoms with Gasteiger partial charge in [-0.3, -0.25) is 19.4 Å². The van der Waals surface area contributed by atoms with Crippen LogP contribution in [0.3, 0.4) is 0 Å². The molecule has 1 atom stereocenters. The van der Waals surface area contributed by atoms with Gasteiger partial charge in [0.05, 0.1) is 42.4 Å². The lowest BCUT2D eigenvalue weighted by molar-refractivity contribution is -0.116. The summed E-state index contributed by atoms with van der Waals surface area (Å²) in [4.78, 5) is 42.6. The minimum Gasteiger partial charge on any atom is -0.493 e. The number of aliphatic imine (C=N–C) groups is 1. The maximum Gasteiger partial charge on any atom is 0.256 e. The predicted molar refractivity (Wildman–Crippen MR) is 133 cm³/mol. The number of piperidine rings is 1. The molecule has 0 radical (unpaired) electrons. The standard InChI is InChI=1S/C26H32N4O5/c1-29-16-18(12-20(29)17-31)28-25(32)9-4-3-7-11-35-24-14-22-21(13-23(24)34-2)26(33)30-10-6-5-8-19(30)15-27-22/h12-17,19H,3-11H2,1-2H3,(H,28,32)/t19-/m1/s1. The summed E-state index contributed by atoms with van der Waals surface area (Å²) in [7, 11) is 3.32. The SMILES string of the molecule is COc1cc2c(cc1OCCCCCC(=O)Nc1cc(C=O)n(C)c1)N=C[C@H]1CCCCN1C2=O. The number of methoxy groups -OCH3 is 1. The van der Waals surface area contributed by atoms with Gasteiger partial charge in [-0.25, -0.2) is 0 Å². The van der Waals surface area contributed by atoms with Gasteiger partial charge in [-0.2, -0.15) is 0 Å². The molecule has 1 aromatic carbocycles. The van der Waals surface area contributed by atoms with Crippen LogP contribution in [0.25, 0.3) is 0 Å². The van der Waals surface area contributed by atoms with Crippen molar-refractivity contribution in [3.05, 3.63) is 35.7 Å². The quantitative estimate of drug-likeness (QED) is 0.407. The Labute approximate surface area is 205 Å². The first kappa shape index (κ1) is 24.5. The van der Waals surface area contributed by atoms with Gasteiger partial charge in [-0.15, -0.1) is 0 Å². The number of nitrogens with one attached hydrogen (secondary N) is 1. The molecule has 1 fully saturated rings. The van der Waals surface area contributed by atoms with E-state index in [9.17, 15) is 14.4 Å². The van der Waals surface area contributed by atoms with Crippen LogP contribution in [0.5, 0.6) is 11.5 Å². The molecule has 0 bridgehead atoms. The molecule has 1 aromatic heterocycles. The third-order valence-electron chi connectivity index (χ3n) is 6.46. The lowest BCUT2D eigenvalue weighted by atomic mass is 10.0. The summed E-state index contributed by atoms with van der Waals surface area (Å²) < 4.78 is 13.1. The number of ether oxygens (including phenoxy) is 2. The van der Waals surface area contributed by atoms with E-state index < -0.39 is 0 Å². The molecular weight excluding hydrogens is 448 g/mol. The Morgan fingerprint density at radius 1 is 1.20 bits per heavy atom. The van der Waals surface area contributed by atoms with Crippen LogP contribution in [0.2, 0.25) is 0 Å². The Morgan fingerprint density at radius 3 is 2.83 bits per heavy atom. The number of unbranched alkanes of at least 4 members (excludes halogenated alkanes) is 2. The van der Waals surface area contributed by atoms with Crippen LogP contribution in [0, 0.1) is 0 Å². The number of hydrogen-bond acceptors (Lipinski definition) is 6. The molecule has 9 heteroatoms. The van der Waals surface area contributed by atoms with E-state index in [1.54, 1.807) is 43.1 Å². The van der Waals surface area contributed by atoms with Crippen molar-refractivity contribution in [3.8, 4) is 11.5 Å². The zero-order valence-corrected chi connectivity index (χ0v) is 20.3. The van der Waals surface area contributed by atoms with E-state index in [1.165, 1.54) is 0 Å². The largest absolute Gasteiger partial charge is 0.493 e. The van der Waals surface area contributed by atoms with E-state index in [-0.39, 0.29) is 17.9 Å². The first-order chi connectivity index (χ1) is 17.0. The Morgan fingerprint density at radius 2 is 2.06 bits per heavy atom. The molecule has 2 aromatic rings. The first-order valence-electron chi connectivity index (χ1n) is 12.1. The fourth-order valence-corrected chi connectivity index (χ4v) is 4.52. The van der Waals surface area contributed by atoms with Gasteiger partial charge in [0.15, 0.2) is 17.8 Å². The summed E-state index contributed by atoms with van der Waals surface area (Å²) in [5.74, 6) is 0.979. The average molecular weight is 481 g/mol. The highest BCUT2D eigenvalue weighted by Crippen LogP contribution is 2.38. The van der Waals surface area contributed by atoms with Gasteiger partial charge in [0, 0.05) is 38.5 Å². The molecule has 0 aliphatic carbocycles. The van der Waals surface area contributed by atoms with Crippen molar-refractivity contribution >= 4 is 35.7 Å². The van der Waals surface area contributed by atoms with Gasteiger partial charge in [0.25, 0.3) is 5.91 Å². The van der Waals surface area contributed by atoms with Crippen molar-refractivity contribution < 1.29 is 23.9 Å². The molecule has 1 N–H and O–H groups in total. The van der Waals surface area contributed by atoms with E-state index in [0.29, 0.717) is 47.2 Å². The summed E-state index contributed by atoms with van der Waals surface area (Å²) in [5, 5.41) is 2.81. The summed E-state index contributed by atoms with van der Waals surface area (Å²) in [6.45, 7) is 1.21. The molecule has 0 spiro atoms. The van der Waals surface area contributed by atoms with Gasteiger partial charge >= 0.3 is 0 Å². The van der Waals surface area contributed by atoms with Crippen LogP contribution in [0.1, 0.15) is 65.8 Å². The molecule has 1 saturated heterocycles. The Balaban J connectivity index is 1.27. The van der Waals surface area contributed by atoms with E-state index in [4.69, 9.17) is 9.47 Å². The fourth-order valence-electron chi connectivity index (χ4n) is 4.52. The number of carbonyl (C=O) groups is 3. The number of aldehydes is 1. The fraction of sp³-hybridized carbons (Fsp3) is 0.462. The molecule has 2 aliphatic rings. The third-order valence-corrected chi connectivity index (χ3v) is 6.46. The zero-order valence-electron chi connectivity index (χ0n) is 20.3. The van der Waals surface area contributed by atoms with Gasteiger partial charge in [0.1, 0.15) is 0 Å². The van der Waals surface area contributed by atoms with Gasteiger partial charge < -0.3 is 24.3 Å². The number of aromatic nitrogens is 1. The average Bonchev–Trinajstić information content (AvgIpc) is 3.16. The van der Waals surface area contributed by atoms with Gasteiger partial charge in [-0.1, -0.05) is 0 Å². The molecule has 3 heterocycles. The van der Waals surface area contributed by atoms with Crippen molar-refractivity contribution in [2.75, 3.05) is 25.6 Å². The Bertz CT molecular complexity index is 1120. The molecule has 0 saturated carbocycles. The molecule has 2 amide bonds. The third kappa shape index (κ3) is 5.72. The van der Waals surface area contributed by atoms with Gasteiger partial charge in [0.2, 0.25) is 5.91 Å². The van der Waals surface area contributed by atoms with E-state index in [1.807, 2.05) is 11.1 Å². The van der Waals surface area contributed by atoms with Crippen LogP contribution in [0.4, 0.5) is 11.4 Å². The number of anilines is 1. The highest BCUT2D eigenvalue weighted by Gasteiger charge is 2.31. The summed E-state index contributed by atoms with van der Waals surface area (Å²) in [6.07, 6.45) is 10.1. The predicted octanol–water partition coefficient (Wildman–Crippen LogP) is 4.13.